The van der Waals surface area contributed by atoms with E-state index in [1.54, 1.807) is 29.4 Å². The lowest BCUT2D eigenvalue weighted by Gasteiger charge is -2.53. The van der Waals surface area contributed by atoms with Gasteiger partial charge >= 0.3 is 0 Å². The summed E-state index contributed by atoms with van der Waals surface area (Å²) < 4.78 is 0. The van der Waals surface area contributed by atoms with Crippen molar-refractivity contribution in [3.05, 3.63) is 23.2 Å². The molecule has 1 saturated carbocycles. The summed E-state index contributed by atoms with van der Waals surface area (Å²) >= 11 is 1.58. The fourth-order valence-corrected chi connectivity index (χ4v) is 7.34. The SMILES string of the molecule is C=CCN(C)C(=O)[C@@H](C)[C@@H]1CC[C@]2(C)Cc3sc(NC(=O)CC(C)(C)C)nc3[C@@H](C)[C@@H]2[C@H]1O. The topological polar surface area (TPSA) is 82.5 Å². The van der Waals surface area contributed by atoms with Gasteiger partial charge in [0, 0.05) is 36.7 Å². The Labute approximate surface area is 202 Å². The molecule has 3 rings (SSSR count). The van der Waals surface area contributed by atoms with Gasteiger partial charge in [0.05, 0.1) is 11.8 Å². The number of rotatable bonds is 6. The van der Waals surface area contributed by atoms with Crippen LogP contribution in [0.5, 0.6) is 0 Å². The molecular formula is C26H41N3O3S. The average molecular weight is 476 g/mol. The molecule has 184 valence electrons. The number of hydrogen-bond donors (Lipinski definition) is 2. The Kier molecular flexibility index (Phi) is 7.45. The fraction of sp³-hybridized carbons (Fsp3) is 0.731. The third-order valence-corrected chi connectivity index (χ3v) is 8.66. The second kappa shape index (κ2) is 9.49. The van der Waals surface area contributed by atoms with E-state index in [1.165, 1.54) is 4.88 Å². The van der Waals surface area contributed by atoms with Crippen LogP contribution in [0.3, 0.4) is 0 Å². The predicted molar refractivity (Wildman–Crippen MR) is 134 cm³/mol. The number of fused-ring (bicyclic) bond motifs is 2. The largest absolute Gasteiger partial charge is 0.392 e. The predicted octanol–water partition coefficient (Wildman–Crippen LogP) is 4.85. The third-order valence-electron chi connectivity index (χ3n) is 7.67. The number of aliphatic hydroxyl groups excluding tert-OH is 1. The van der Waals surface area contributed by atoms with Crippen LogP contribution in [0.1, 0.15) is 77.3 Å². The van der Waals surface area contributed by atoms with Gasteiger partial charge in [-0.25, -0.2) is 4.98 Å². The molecule has 6 nitrogen and oxygen atoms in total. The quantitative estimate of drug-likeness (QED) is 0.576. The van der Waals surface area contributed by atoms with Gasteiger partial charge in [-0.1, -0.05) is 47.6 Å². The van der Waals surface area contributed by atoms with Gasteiger partial charge in [-0.3, -0.25) is 9.59 Å². The van der Waals surface area contributed by atoms with Gasteiger partial charge in [0.15, 0.2) is 5.13 Å². The maximum atomic E-state index is 12.9. The molecule has 1 aromatic rings. The number of anilines is 1. The minimum atomic E-state index is -0.566. The molecular weight excluding hydrogens is 434 g/mol. The molecule has 0 aromatic carbocycles. The molecule has 0 radical (unpaired) electrons. The van der Waals surface area contributed by atoms with Crippen LogP contribution >= 0.6 is 11.3 Å². The number of aromatic nitrogens is 1. The summed E-state index contributed by atoms with van der Waals surface area (Å²) in [6.07, 6.45) is 4.26. The van der Waals surface area contributed by atoms with Crippen molar-refractivity contribution in [3.63, 3.8) is 0 Å². The summed E-state index contributed by atoms with van der Waals surface area (Å²) in [6, 6.07) is 0. The number of likely N-dealkylation sites (N-methyl/N-ethyl adjacent to an activating group) is 1. The Hall–Kier alpha value is -1.73. The molecule has 2 N–H and O–H groups in total. The Morgan fingerprint density at radius 3 is 2.70 bits per heavy atom. The van der Waals surface area contributed by atoms with Crippen molar-refractivity contribution in [1.82, 2.24) is 9.88 Å². The van der Waals surface area contributed by atoms with Crippen molar-refractivity contribution in [2.45, 2.75) is 79.2 Å². The maximum absolute atomic E-state index is 12.9. The first kappa shape index (κ1) is 25.9. The number of carbonyl (C=O) groups excluding carboxylic acids is 2. The molecule has 0 unspecified atom stereocenters. The first-order valence-corrected chi connectivity index (χ1v) is 12.9. The van der Waals surface area contributed by atoms with Crippen molar-refractivity contribution in [3.8, 4) is 0 Å². The Bertz CT molecular complexity index is 905. The van der Waals surface area contributed by atoms with Crippen molar-refractivity contribution in [2.24, 2.45) is 28.6 Å². The van der Waals surface area contributed by atoms with Crippen LogP contribution < -0.4 is 5.32 Å². The first-order valence-electron chi connectivity index (χ1n) is 12.1. The summed E-state index contributed by atoms with van der Waals surface area (Å²) in [4.78, 5) is 33.1. The Morgan fingerprint density at radius 2 is 2.09 bits per heavy atom. The lowest BCUT2D eigenvalue weighted by molar-refractivity contribution is -0.143. The van der Waals surface area contributed by atoms with Gasteiger partial charge in [-0.05, 0) is 41.9 Å². The summed E-state index contributed by atoms with van der Waals surface area (Å²) in [7, 11) is 1.79. The normalized spacial score (nSPS) is 30.1. The van der Waals surface area contributed by atoms with Crippen molar-refractivity contribution in [1.29, 1.82) is 0 Å². The zero-order valence-corrected chi connectivity index (χ0v) is 22.1. The molecule has 1 fully saturated rings. The van der Waals surface area contributed by atoms with E-state index in [0.717, 1.165) is 25.0 Å². The number of nitrogens with one attached hydrogen (secondary N) is 1. The molecule has 33 heavy (non-hydrogen) atoms. The molecule has 1 aromatic heterocycles. The molecule has 2 amide bonds. The highest BCUT2D eigenvalue weighted by Gasteiger charge is 2.54. The number of nitrogens with zero attached hydrogens (tertiary/aromatic N) is 2. The highest BCUT2D eigenvalue weighted by Crippen LogP contribution is 2.57. The lowest BCUT2D eigenvalue weighted by Crippen LogP contribution is -2.53. The maximum Gasteiger partial charge on any atom is 0.226 e. The molecule has 7 heteroatoms. The van der Waals surface area contributed by atoms with Gasteiger partial charge in [0.25, 0.3) is 0 Å². The van der Waals surface area contributed by atoms with Gasteiger partial charge in [-0.2, -0.15) is 0 Å². The smallest absolute Gasteiger partial charge is 0.226 e. The molecule has 6 atom stereocenters. The van der Waals surface area contributed by atoms with Crippen LogP contribution in [-0.4, -0.2) is 46.5 Å². The van der Waals surface area contributed by atoms with Crippen LogP contribution in [0.2, 0.25) is 0 Å². The molecule has 0 aliphatic heterocycles. The molecule has 0 saturated heterocycles. The van der Waals surface area contributed by atoms with Crippen LogP contribution in [0, 0.1) is 28.6 Å². The summed E-state index contributed by atoms with van der Waals surface area (Å²) in [5, 5.41) is 15.2. The second-order valence-electron chi connectivity index (χ2n) is 11.7. The summed E-state index contributed by atoms with van der Waals surface area (Å²) in [5.41, 5.74) is 0.872. The highest BCUT2D eigenvalue weighted by atomic mass is 32.1. The number of aliphatic hydroxyl groups is 1. The van der Waals surface area contributed by atoms with Crippen molar-refractivity contribution < 1.29 is 14.7 Å². The van der Waals surface area contributed by atoms with E-state index in [9.17, 15) is 14.7 Å². The molecule has 0 bridgehead atoms. The Morgan fingerprint density at radius 1 is 1.42 bits per heavy atom. The molecule has 1 heterocycles. The summed E-state index contributed by atoms with van der Waals surface area (Å²) in [6.45, 7) is 16.7. The third kappa shape index (κ3) is 5.35. The zero-order chi connectivity index (χ0) is 24.7. The standard InChI is InChI=1S/C26H41N3O3S/c1-9-12-29(8)23(32)15(2)17-10-11-26(7)13-18-21(16(3)20(26)22(17)31)28-24(33-18)27-19(30)14-25(4,5)6/h9,15-17,20,22,31H,1,10-14H2,2-8H3,(H,27,28,30)/t15-,16-,17-,20+,22-,26+/m0/s1. The zero-order valence-electron chi connectivity index (χ0n) is 21.3. The van der Waals surface area contributed by atoms with E-state index in [2.05, 4.69) is 25.7 Å². The van der Waals surface area contributed by atoms with Crippen LogP contribution in [0.15, 0.2) is 12.7 Å². The minimum Gasteiger partial charge on any atom is -0.392 e. The van der Waals surface area contributed by atoms with Gasteiger partial charge in [0.2, 0.25) is 11.8 Å². The number of hydrogen-bond acceptors (Lipinski definition) is 5. The number of carbonyl (C=O) groups is 2. The average Bonchev–Trinajstić information content (AvgIpc) is 3.07. The lowest BCUT2D eigenvalue weighted by atomic mass is 9.53. The molecule has 2 aliphatic carbocycles. The van der Waals surface area contributed by atoms with Crippen LogP contribution in [-0.2, 0) is 16.0 Å². The van der Waals surface area contributed by atoms with E-state index >= 15 is 0 Å². The number of thiazole rings is 1. The van der Waals surface area contributed by atoms with E-state index in [-0.39, 0.29) is 46.3 Å². The Balaban J connectivity index is 1.80. The van der Waals surface area contributed by atoms with Crippen molar-refractivity contribution >= 4 is 28.3 Å². The van der Waals surface area contributed by atoms with Gasteiger partial charge in [-0.15, -0.1) is 17.9 Å². The molecule has 0 spiro atoms. The highest BCUT2D eigenvalue weighted by molar-refractivity contribution is 7.15. The monoisotopic (exact) mass is 475 g/mol. The van der Waals surface area contributed by atoms with E-state index in [1.807, 2.05) is 27.7 Å². The van der Waals surface area contributed by atoms with E-state index in [0.29, 0.717) is 18.1 Å². The summed E-state index contributed by atoms with van der Waals surface area (Å²) in [5.74, 6) is -0.175. The van der Waals surface area contributed by atoms with Gasteiger partial charge < -0.3 is 15.3 Å². The fourth-order valence-electron chi connectivity index (χ4n) is 6.06. The van der Waals surface area contributed by atoms with Crippen LogP contribution in [0.25, 0.3) is 0 Å². The van der Waals surface area contributed by atoms with E-state index < -0.39 is 6.10 Å². The van der Waals surface area contributed by atoms with Crippen LogP contribution in [0.4, 0.5) is 5.13 Å². The number of amides is 2. The van der Waals surface area contributed by atoms with Crippen molar-refractivity contribution in [2.75, 3.05) is 18.9 Å². The minimum absolute atomic E-state index is 0.0130. The van der Waals surface area contributed by atoms with Gasteiger partial charge in [0.1, 0.15) is 0 Å². The first-order chi connectivity index (χ1) is 15.3. The molecule has 2 aliphatic rings. The second-order valence-corrected chi connectivity index (χ2v) is 12.8. The van der Waals surface area contributed by atoms with E-state index in [4.69, 9.17) is 4.98 Å².